The third kappa shape index (κ3) is 2.01. The molecule has 0 aliphatic carbocycles. The molecule has 1 aromatic rings. The fraction of sp³-hybridized carbons (Fsp3) is 0.667. The second-order valence-electron chi connectivity index (χ2n) is 3.52. The lowest BCUT2D eigenvalue weighted by Crippen LogP contribution is -2.26. The van der Waals surface area contributed by atoms with Crippen LogP contribution in [0.3, 0.4) is 0 Å². The van der Waals surface area contributed by atoms with E-state index in [2.05, 4.69) is 21.9 Å². The average molecular weight is 181 g/mol. The van der Waals surface area contributed by atoms with Gasteiger partial charge in [-0.1, -0.05) is 0 Å². The van der Waals surface area contributed by atoms with Crippen LogP contribution in [0.1, 0.15) is 6.42 Å². The molecule has 72 valence electrons. The summed E-state index contributed by atoms with van der Waals surface area (Å²) in [4.78, 5) is 9.41. The van der Waals surface area contributed by atoms with E-state index in [9.17, 15) is 0 Å². The average Bonchev–Trinajstić information content (AvgIpc) is 2.74. The summed E-state index contributed by atoms with van der Waals surface area (Å²) in [6.07, 6.45) is 4.79. The van der Waals surface area contributed by atoms with Crippen molar-refractivity contribution < 1.29 is 4.74 Å². The van der Waals surface area contributed by atoms with E-state index in [0.29, 0.717) is 5.92 Å². The van der Waals surface area contributed by atoms with Crippen LogP contribution in [0, 0.1) is 5.92 Å². The maximum Gasteiger partial charge on any atom is 0.202 e. The van der Waals surface area contributed by atoms with Crippen molar-refractivity contribution in [2.24, 2.45) is 5.92 Å². The summed E-state index contributed by atoms with van der Waals surface area (Å²) in [5.74, 6) is 1.60. The number of nitrogens with zero attached hydrogens (tertiary/aromatic N) is 2. The van der Waals surface area contributed by atoms with Gasteiger partial charge in [-0.3, -0.25) is 0 Å². The molecule has 13 heavy (non-hydrogen) atoms. The molecule has 0 radical (unpaired) electrons. The van der Waals surface area contributed by atoms with Gasteiger partial charge < -0.3 is 14.6 Å². The van der Waals surface area contributed by atoms with Gasteiger partial charge in [-0.05, 0) is 6.42 Å². The van der Waals surface area contributed by atoms with Crippen molar-refractivity contribution in [2.75, 3.05) is 31.7 Å². The highest BCUT2D eigenvalue weighted by atomic mass is 16.5. The zero-order valence-electron chi connectivity index (χ0n) is 7.86. The van der Waals surface area contributed by atoms with Crippen LogP contribution in [0.2, 0.25) is 0 Å². The van der Waals surface area contributed by atoms with Gasteiger partial charge in [0.15, 0.2) is 0 Å². The first-order valence-corrected chi connectivity index (χ1v) is 4.64. The lowest BCUT2D eigenvalue weighted by atomic mass is 10.1. The number of aromatic nitrogens is 2. The molecular formula is C9H15N3O. The Hall–Kier alpha value is -1.03. The van der Waals surface area contributed by atoms with Crippen molar-refractivity contribution in [3.05, 3.63) is 12.4 Å². The SMILES string of the molecule is CN(CC1CCOC1)c1ncc[nH]1. The minimum absolute atomic E-state index is 0.662. The maximum atomic E-state index is 5.32. The van der Waals surface area contributed by atoms with Crippen LogP contribution in [-0.2, 0) is 4.74 Å². The van der Waals surface area contributed by atoms with Gasteiger partial charge in [0.25, 0.3) is 0 Å². The van der Waals surface area contributed by atoms with Gasteiger partial charge in [-0.15, -0.1) is 0 Å². The Bertz CT molecular complexity index is 241. The molecule has 1 saturated heterocycles. The Morgan fingerprint density at radius 2 is 2.69 bits per heavy atom. The lowest BCUT2D eigenvalue weighted by Gasteiger charge is -2.19. The maximum absolute atomic E-state index is 5.32. The molecule has 2 heterocycles. The molecule has 1 fully saturated rings. The van der Waals surface area contributed by atoms with Gasteiger partial charge in [0, 0.05) is 38.5 Å². The Kier molecular flexibility index (Phi) is 2.49. The number of imidazole rings is 1. The van der Waals surface area contributed by atoms with Gasteiger partial charge >= 0.3 is 0 Å². The quantitative estimate of drug-likeness (QED) is 0.752. The molecule has 1 unspecified atom stereocenters. The largest absolute Gasteiger partial charge is 0.381 e. The van der Waals surface area contributed by atoms with Crippen molar-refractivity contribution in [3.8, 4) is 0 Å². The summed E-state index contributed by atoms with van der Waals surface area (Å²) in [5, 5.41) is 0. The number of ether oxygens (including phenoxy) is 1. The van der Waals surface area contributed by atoms with E-state index in [1.165, 1.54) is 6.42 Å². The van der Waals surface area contributed by atoms with Crippen LogP contribution >= 0.6 is 0 Å². The molecule has 1 aliphatic heterocycles. The van der Waals surface area contributed by atoms with E-state index in [1.54, 1.807) is 6.20 Å². The van der Waals surface area contributed by atoms with E-state index in [-0.39, 0.29) is 0 Å². The van der Waals surface area contributed by atoms with Crippen LogP contribution in [0.25, 0.3) is 0 Å². The van der Waals surface area contributed by atoms with Crippen LogP contribution in [0.5, 0.6) is 0 Å². The molecule has 0 aromatic carbocycles. The smallest absolute Gasteiger partial charge is 0.202 e. The molecule has 1 aromatic heterocycles. The summed E-state index contributed by atoms with van der Waals surface area (Å²) in [7, 11) is 2.05. The second kappa shape index (κ2) is 3.79. The standard InChI is InChI=1S/C9H15N3O/c1-12(9-10-3-4-11-9)6-8-2-5-13-7-8/h3-4,8H,2,5-7H2,1H3,(H,10,11). The predicted molar refractivity (Wildman–Crippen MR) is 50.8 cm³/mol. The second-order valence-corrected chi connectivity index (χ2v) is 3.52. The molecule has 4 heteroatoms. The molecule has 4 nitrogen and oxygen atoms in total. The number of anilines is 1. The van der Waals surface area contributed by atoms with Crippen molar-refractivity contribution in [3.63, 3.8) is 0 Å². The van der Waals surface area contributed by atoms with Gasteiger partial charge in [0.1, 0.15) is 0 Å². The first-order chi connectivity index (χ1) is 6.36. The first-order valence-electron chi connectivity index (χ1n) is 4.64. The molecular weight excluding hydrogens is 166 g/mol. The lowest BCUT2D eigenvalue weighted by molar-refractivity contribution is 0.186. The molecule has 0 spiro atoms. The molecule has 2 rings (SSSR count). The third-order valence-corrected chi connectivity index (χ3v) is 2.40. The minimum Gasteiger partial charge on any atom is -0.381 e. The van der Waals surface area contributed by atoms with Crippen molar-refractivity contribution >= 4 is 5.95 Å². The van der Waals surface area contributed by atoms with Gasteiger partial charge in [-0.25, -0.2) is 4.98 Å². The number of hydrogen-bond donors (Lipinski definition) is 1. The molecule has 1 atom stereocenters. The first kappa shape index (κ1) is 8.56. The molecule has 1 N–H and O–H groups in total. The molecule has 1 aliphatic rings. The summed E-state index contributed by atoms with van der Waals surface area (Å²) < 4.78 is 5.32. The Labute approximate surface area is 77.9 Å². The Morgan fingerprint density at radius 3 is 3.31 bits per heavy atom. The topological polar surface area (TPSA) is 41.1 Å². The van der Waals surface area contributed by atoms with Crippen LogP contribution in [-0.4, -0.2) is 36.8 Å². The van der Waals surface area contributed by atoms with E-state index in [0.717, 1.165) is 25.7 Å². The number of H-pyrrole nitrogens is 1. The van der Waals surface area contributed by atoms with E-state index >= 15 is 0 Å². The highest BCUT2D eigenvalue weighted by Gasteiger charge is 2.18. The fourth-order valence-corrected chi connectivity index (χ4v) is 1.67. The summed E-state index contributed by atoms with van der Waals surface area (Å²) in [6, 6.07) is 0. The number of aromatic amines is 1. The number of nitrogens with one attached hydrogen (secondary N) is 1. The minimum atomic E-state index is 0.662. The van der Waals surface area contributed by atoms with Gasteiger partial charge in [-0.2, -0.15) is 0 Å². The zero-order valence-corrected chi connectivity index (χ0v) is 7.86. The fourth-order valence-electron chi connectivity index (χ4n) is 1.67. The zero-order chi connectivity index (χ0) is 9.10. The van der Waals surface area contributed by atoms with Gasteiger partial charge in [0.2, 0.25) is 5.95 Å². The van der Waals surface area contributed by atoms with Crippen LogP contribution in [0.4, 0.5) is 5.95 Å². The van der Waals surface area contributed by atoms with Crippen molar-refractivity contribution in [1.29, 1.82) is 0 Å². The highest BCUT2D eigenvalue weighted by Crippen LogP contribution is 2.15. The highest BCUT2D eigenvalue weighted by molar-refractivity contribution is 5.27. The summed E-state index contributed by atoms with van der Waals surface area (Å²) >= 11 is 0. The summed E-state index contributed by atoms with van der Waals surface area (Å²) in [5.41, 5.74) is 0. The Morgan fingerprint density at radius 1 is 1.77 bits per heavy atom. The molecule has 0 amide bonds. The Balaban J connectivity index is 1.87. The van der Waals surface area contributed by atoms with E-state index in [1.807, 2.05) is 6.20 Å². The predicted octanol–water partition coefficient (Wildman–Crippen LogP) is 0.882. The monoisotopic (exact) mass is 181 g/mol. The van der Waals surface area contributed by atoms with E-state index < -0.39 is 0 Å². The number of rotatable bonds is 3. The molecule has 0 saturated carbocycles. The van der Waals surface area contributed by atoms with Crippen molar-refractivity contribution in [1.82, 2.24) is 9.97 Å². The van der Waals surface area contributed by atoms with E-state index in [4.69, 9.17) is 4.74 Å². The molecule has 0 bridgehead atoms. The normalized spacial score (nSPS) is 22.1. The number of hydrogen-bond acceptors (Lipinski definition) is 3. The van der Waals surface area contributed by atoms with Gasteiger partial charge in [0.05, 0.1) is 6.61 Å². The summed E-state index contributed by atoms with van der Waals surface area (Å²) in [6.45, 7) is 2.83. The van der Waals surface area contributed by atoms with Crippen LogP contribution in [0.15, 0.2) is 12.4 Å². The van der Waals surface area contributed by atoms with Crippen molar-refractivity contribution in [2.45, 2.75) is 6.42 Å². The van der Waals surface area contributed by atoms with Crippen LogP contribution < -0.4 is 4.90 Å². The third-order valence-electron chi connectivity index (χ3n) is 2.40.